The van der Waals surface area contributed by atoms with Gasteiger partial charge >= 0.3 is 0 Å². The first-order valence-corrected chi connectivity index (χ1v) is 7.14. The maximum atomic E-state index is 6.86. The Kier molecular flexibility index (Phi) is 2.45. The van der Waals surface area contributed by atoms with Gasteiger partial charge in [-0.15, -0.1) is 0 Å². The first-order chi connectivity index (χ1) is 9.79. The Morgan fingerprint density at radius 3 is 2.40 bits per heavy atom. The minimum absolute atomic E-state index is 0.350. The highest BCUT2D eigenvalue weighted by Gasteiger charge is 2.37. The molecule has 20 heavy (non-hydrogen) atoms. The van der Waals surface area contributed by atoms with Crippen molar-refractivity contribution >= 4 is 10.8 Å². The molecule has 1 nitrogen and oxygen atoms in total. The molecule has 4 rings (SSSR count). The van der Waals surface area contributed by atoms with E-state index >= 15 is 0 Å². The molecule has 1 heteroatoms. The Morgan fingerprint density at radius 2 is 1.45 bits per heavy atom. The van der Waals surface area contributed by atoms with Gasteiger partial charge in [0.1, 0.15) is 0 Å². The molecule has 0 radical (unpaired) electrons. The summed E-state index contributed by atoms with van der Waals surface area (Å²) in [6.07, 6.45) is 2.05. The molecule has 1 aliphatic carbocycles. The van der Waals surface area contributed by atoms with Gasteiger partial charge in [0, 0.05) is 0 Å². The summed E-state index contributed by atoms with van der Waals surface area (Å²) in [5, 5.41) is 2.54. The fraction of sp³-hybridized carbons (Fsp3) is 0.158. The highest BCUT2D eigenvalue weighted by Crippen LogP contribution is 2.42. The predicted octanol–water partition coefficient (Wildman–Crippen LogP) is 3.99. The van der Waals surface area contributed by atoms with Gasteiger partial charge in [0.25, 0.3) is 0 Å². The normalized spacial score (nSPS) is 21.1. The van der Waals surface area contributed by atoms with E-state index in [1.807, 2.05) is 0 Å². The highest BCUT2D eigenvalue weighted by atomic mass is 14.8. The predicted molar refractivity (Wildman–Crippen MR) is 83.7 cm³/mol. The lowest BCUT2D eigenvalue weighted by Crippen LogP contribution is -2.35. The van der Waals surface area contributed by atoms with E-state index in [0.717, 1.165) is 12.8 Å². The maximum Gasteiger partial charge on any atom is 0.0677 e. The molecule has 0 amide bonds. The number of nitrogens with two attached hydrogens (primary N) is 1. The molecule has 1 aliphatic rings. The van der Waals surface area contributed by atoms with Crippen LogP contribution in [0.5, 0.6) is 0 Å². The molecule has 0 saturated heterocycles. The highest BCUT2D eigenvalue weighted by molar-refractivity contribution is 5.87. The van der Waals surface area contributed by atoms with Crippen LogP contribution in [0, 0.1) is 0 Å². The Hall–Kier alpha value is -2.12. The van der Waals surface area contributed by atoms with Crippen LogP contribution in [0.25, 0.3) is 10.8 Å². The summed E-state index contributed by atoms with van der Waals surface area (Å²) < 4.78 is 0. The molecule has 0 fully saturated rings. The van der Waals surface area contributed by atoms with Crippen molar-refractivity contribution in [3.05, 3.63) is 83.4 Å². The van der Waals surface area contributed by atoms with E-state index in [9.17, 15) is 0 Å². The number of fused-ring (bicyclic) bond motifs is 2. The van der Waals surface area contributed by atoms with Gasteiger partial charge < -0.3 is 5.73 Å². The van der Waals surface area contributed by atoms with Gasteiger partial charge in [-0.2, -0.15) is 0 Å². The minimum Gasteiger partial charge on any atom is -0.318 e. The first kappa shape index (κ1) is 11.7. The van der Waals surface area contributed by atoms with Gasteiger partial charge in [-0.3, -0.25) is 0 Å². The Labute approximate surface area is 119 Å². The van der Waals surface area contributed by atoms with Crippen molar-refractivity contribution in [2.45, 2.75) is 18.4 Å². The number of aryl methyl sites for hydroxylation is 1. The van der Waals surface area contributed by atoms with Gasteiger partial charge in [-0.1, -0.05) is 66.7 Å². The third-order valence-corrected chi connectivity index (χ3v) is 4.56. The average molecular weight is 259 g/mol. The second-order valence-corrected chi connectivity index (χ2v) is 5.66. The van der Waals surface area contributed by atoms with Gasteiger partial charge in [0.15, 0.2) is 0 Å². The lowest BCUT2D eigenvalue weighted by molar-refractivity contribution is 0.539. The molecule has 0 heterocycles. The number of benzene rings is 3. The van der Waals surface area contributed by atoms with Crippen LogP contribution < -0.4 is 5.73 Å². The molecule has 1 atom stereocenters. The largest absolute Gasteiger partial charge is 0.318 e. The summed E-state index contributed by atoms with van der Waals surface area (Å²) in [6, 6.07) is 23.6. The van der Waals surface area contributed by atoms with Crippen molar-refractivity contribution in [1.29, 1.82) is 0 Å². The summed E-state index contributed by atoms with van der Waals surface area (Å²) in [5.41, 5.74) is 10.4. The summed E-state index contributed by atoms with van der Waals surface area (Å²) in [5.74, 6) is 0. The van der Waals surface area contributed by atoms with E-state index in [4.69, 9.17) is 5.73 Å². The van der Waals surface area contributed by atoms with Crippen LogP contribution in [-0.4, -0.2) is 0 Å². The molecule has 3 aromatic rings. The summed E-state index contributed by atoms with van der Waals surface area (Å²) in [4.78, 5) is 0. The van der Waals surface area contributed by atoms with Crippen LogP contribution in [0.3, 0.4) is 0 Å². The average Bonchev–Trinajstić information content (AvgIpc) is 2.86. The van der Waals surface area contributed by atoms with Crippen molar-refractivity contribution < 1.29 is 0 Å². The monoisotopic (exact) mass is 259 g/mol. The Morgan fingerprint density at radius 1 is 0.750 bits per heavy atom. The SMILES string of the molecule is NC1(c2cccc3ccccc23)CCc2ccccc21. The third-order valence-electron chi connectivity index (χ3n) is 4.56. The Balaban J connectivity index is 2.01. The molecule has 0 aromatic heterocycles. The van der Waals surface area contributed by atoms with E-state index in [1.54, 1.807) is 0 Å². The van der Waals surface area contributed by atoms with Crippen molar-refractivity contribution in [1.82, 2.24) is 0 Å². The third kappa shape index (κ3) is 1.53. The minimum atomic E-state index is -0.350. The van der Waals surface area contributed by atoms with Crippen molar-refractivity contribution in [3.8, 4) is 0 Å². The second kappa shape index (κ2) is 4.19. The lowest BCUT2D eigenvalue weighted by atomic mass is 9.82. The first-order valence-electron chi connectivity index (χ1n) is 7.14. The van der Waals surface area contributed by atoms with Crippen molar-refractivity contribution in [3.63, 3.8) is 0 Å². The number of rotatable bonds is 1. The standard InChI is InChI=1S/C19H17N/c20-19(13-12-15-7-2-4-10-17(15)19)18-11-5-8-14-6-1-3-9-16(14)18/h1-11H,12-13,20H2. The molecule has 0 saturated carbocycles. The fourth-order valence-electron chi connectivity index (χ4n) is 3.53. The van der Waals surface area contributed by atoms with E-state index in [2.05, 4.69) is 66.7 Å². The van der Waals surface area contributed by atoms with E-state index in [1.165, 1.54) is 27.5 Å². The molecule has 1 unspecified atom stereocenters. The molecule has 0 aliphatic heterocycles. The smallest absolute Gasteiger partial charge is 0.0677 e. The zero-order valence-electron chi connectivity index (χ0n) is 11.3. The van der Waals surface area contributed by atoms with Gasteiger partial charge in [0.05, 0.1) is 5.54 Å². The van der Waals surface area contributed by atoms with Gasteiger partial charge in [0.2, 0.25) is 0 Å². The molecular weight excluding hydrogens is 242 g/mol. The van der Waals surface area contributed by atoms with Crippen molar-refractivity contribution in [2.24, 2.45) is 5.73 Å². The molecular formula is C19H17N. The molecule has 2 N–H and O–H groups in total. The van der Waals surface area contributed by atoms with Crippen molar-refractivity contribution in [2.75, 3.05) is 0 Å². The quantitative estimate of drug-likeness (QED) is 0.702. The second-order valence-electron chi connectivity index (χ2n) is 5.66. The number of hydrogen-bond donors (Lipinski definition) is 1. The molecule has 3 aromatic carbocycles. The van der Waals surface area contributed by atoms with Crippen LogP contribution in [-0.2, 0) is 12.0 Å². The van der Waals surface area contributed by atoms with E-state index in [0.29, 0.717) is 0 Å². The van der Waals surface area contributed by atoms with Crippen LogP contribution in [0.4, 0.5) is 0 Å². The Bertz CT molecular complexity index is 785. The molecule has 98 valence electrons. The zero-order chi connectivity index (χ0) is 13.6. The molecule has 0 bridgehead atoms. The fourth-order valence-corrected chi connectivity index (χ4v) is 3.53. The summed E-state index contributed by atoms with van der Waals surface area (Å²) in [6.45, 7) is 0. The zero-order valence-corrected chi connectivity index (χ0v) is 11.3. The number of hydrogen-bond acceptors (Lipinski definition) is 1. The van der Waals surface area contributed by atoms with E-state index < -0.39 is 0 Å². The van der Waals surface area contributed by atoms with Gasteiger partial charge in [-0.05, 0) is 40.3 Å². The summed E-state index contributed by atoms with van der Waals surface area (Å²) in [7, 11) is 0. The van der Waals surface area contributed by atoms with E-state index in [-0.39, 0.29) is 5.54 Å². The summed E-state index contributed by atoms with van der Waals surface area (Å²) >= 11 is 0. The van der Waals surface area contributed by atoms with Crippen LogP contribution in [0.2, 0.25) is 0 Å². The van der Waals surface area contributed by atoms with Crippen LogP contribution in [0.1, 0.15) is 23.1 Å². The molecule has 0 spiro atoms. The maximum absolute atomic E-state index is 6.86. The van der Waals surface area contributed by atoms with Crippen LogP contribution >= 0.6 is 0 Å². The van der Waals surface area contributed by atoms with Crippen LogP contribution in [0.15, 0.2) is 66.7 Å². The lowest BCUT2D eigenvalue weighted by Gasteiger charge is -2.27. The van der Waals surface area contributed by atoms with Gasteiger partial charge in [-0.25, -0.2) is 0 Å². The topological polar surface area (TPSA) is 26.0 Å².